The highest BCUT2D eigenvalue weighted by molar-refractivity contribution is 6.06. The molecule has 1 aromatic carbocycles. The van der Waals surface area contributed by atoms with Crippen molar-refractivity contribution < 1.29 is 29.5 Å². The van der Waals surface area contributed by atoms with Crippen molar-refractivity contribution in [3.8, 4) is 0 Å². The van der Waals surface area contributed by atoms with Crippen molar-refractivity contribution in [1.29, 1.82) is 0 Å². The zero-order valence-electron chi connectivity index (χ0n) is 13.9. The highest BCUT2D eigenvalue weighted by Crippen LogP contribution is 2.20. The zero-order valence-corrected chi connectivity index (χ0v) is 13.9. The predicted molar refractivity (Wildman–Crippen MR) is 87.0 cm³/mol. The first-order chi connectivity index (χ1) is 11.7. The summed E-state index contributed by atoms with van der Waals surface area (Å²) in [5.74, 6) is -4.58. The number of non-ortho nitro benzene ring substituents is 1. The molecule has 3 N–H and O–H groups in total. The van der Waals surface area contributed by atoms with Gasteiger partial charge in [-0.1, -0.05) is 26.0 Å². The summed E-state index contributed by atoms with van der Waals surface area (Å²) in [5.41, 5.74) is -2.52. The van der Waals surface area contributed by atoms with Crippen LogP contribution in [0.4, 0.5) is 5.69 Å². The summed E-state index contributed by atoms with van der Waals surface area (Å²) in [6.45, 7) is 3.49. The fourth-order valence-corrected chi connectivity index (χ4v) is 2.41. The topological polar surface area (TPSA) is 147 Å². The molecule has 9 heteroatoms. The summed E-state index contributed by atoms with van der Waals surface area (Å²) < 4.78 is 0. The number of amides is 1. The van der Waals surface area contributed by atoms with Crippen LogP contribution in [0.25, 0.3) is 0 Å². The van der Waals surface area contributed by atoms with Gasteiger partial charge in [0, 0.05) is 24.5 Å². The van der Waals surface area contributed by atoms with E-state index in [2.05, 4.69) is 5.32 Å². The average molecular weight is 352 g/mol. The van der Waals surface area contributed by atoms with Gasteiger partial charge in [-0.2, -0.15) is 0 Å². The first kappa shape index (κ1) is 20.1. The summed E-state index contributed by atoms with van der Waals surface area (Å²) >= 11 is 0. The third-order valence-corrected chi connectivity index (χ3v) is 4.04. The van der Waals surface area contributed by atoms with Crippen LogP contribution in [-0.4, -0.2) is 38.5 Å². The Kier molecular flexibility index (Phi) is 6.60. The lowest BCUT2D eigenvalue weighted by Gasteiger charge is -2.28. The number of carboxylic acids is 2. The van der Waals surface area contributed by atoms with E-state index in [9.17, 15) is 34.7 Å². The molecule has 0 fully saturated rings. The molecule has 1 rings (SSSR count). The minimum absolute atomic E-state index is 0.207. The Hall–Kier alpha value is -2.97. The van der Waals surface area contributed by atoms with Crippen LogP contribution in [0.15, 0.2) is 24.3 Å². The molecule has 0 aromatic heterocycles. The maximum atomic E-state index is 12.2. The second kappa shape index (κ2) is 8.22. The Morgan fingerprint density at radius 1 is 1.12 bits per heavy atom. The number of carbonyl (C=O) groups is 3. The van der Waals surface area contributed by atoms with Gasteiger partial charge in [-0.15, -0.1) is 0 Å². The number of hydrogen-bond acceptors (Lipinski definition) is 5. The molecule has 1 aromatic rings. The predicted octanol–water partition coefficient (Wildman–Crippen LogP) is 1.60. The van der Waals surface area contributed by atoms with Crippen molar-refractivity contribution in [2.45, 2.75) is 38.6 Å². The smallest absolute Gasteiger partial charge is 0.341 e. The number of carbonyl (C=O) groups excluding carboxylic acids is 1. The van der Waals surface area contributed by atoms with E-state index in [1.807, 2.05) is 0 Å². The molecule has 0 aliphatic carbocycles. The number of nitrogens with one attached hydrogen (secondary N) is 1. The quantitative estimate of drug-likeness (QED) is 0.347. The van der Waals surface area contributed by atoms with Crippen LogP contribution >= 0.6 is 0 Å². The standard InChI is InChI=1S/C16H20N2O7/c1-3-11(4-2)13(19)17-16(14(20)21,15(22)23)9-10-5-7-12(8-6-10)18(24)25/h5-8,11H,3-4,9H2,1-2H3,(H,17,19)(H,20,21)(H,22,23). The van der Waals surface area contributed by atoms with E-state index < -0.39 is 40.6 Å². The summed E-state index contributed by atoms with van der Waals surface area (Å²) in [6, 6.07) is 4.82. The number of nitrogens with zero attached hydrogens (tertiary/aromatic N) is 1. The van der Waals surface area contributed by atoms with Crippen LogP contribution in [0.1, 0.15) is 32.3 Å². The molecule has 0 aliphatic heterocycles. The number of hydrogen-bond donors (Lipinski definition) is 3. The molecule has 25 heavy (non-hydrogen) atoms. The SMILES string of the molecule is CCC(CC)C(=O)NC(Cc1ccc([N+](=O)[O-])cc1)(C(=O)O)C(=O)O. The molecule has 0 saturated carbocycles. The number of nitro benzene ring substituents is 1. The Labute approximate surface area is 143 Å². The van der Waals surface area contributed by atoms with Crippen molar-refractivity contribution in [1.82, 2.24) is 5.32 Å². The molecular weight excluding hydrogens is 332 g/mol. The van der Waals surface area contributed by atoms with Crippen molar-refractivity contribution >= 4 is 23.5 Å². The van der Waals surface area contributed by atoms with Crippen LogP contribution in [0.5, 0.6) is 0 Å². The molecular formula is C16H20N2O7. The number of nitro groups is 1. The molecule has 0 atom stereocenters. The summed E-state index contributed by atoms with van der Waals surface area (Å²) in [5, 5.41) is 31.7. The number of aliphatic carboxylic acids is 2. The lowest BCUT2D eigenvalue weighted by molar-refractivity contribution is -0.384. The van der Waals surface area contributed by atoms with Crippen LogP contribution in [-0.2, 0) is 20.8 Å². The Morgan fingerprint density at radius 3 is 1.96 bits per heavy atom. The number of rotatable bonds is 9. The van der Waals surface area contributed by atoms with E-state index in [1.54, 1.807) is 13.8 Å². The second-order valence-corrected chi connectivity index (χ2v) is 5.62. The van der Waals surface area contributed by atoms with Crippen molar-refractivity contribution in [3.63, 3.8) is 0 Å². The first-order valence-electron chi connectivity index (χ1n) is 7.70. The van der Waals surface area contributed by atoms with E-state index >= 15 is 0 Å². The van der Waals surface area contributed by atoms with Gasteiger partial charge < -0.3 is 15.5 Å². The molecule has 0 radical (unpaired) electrons. The highest BCUT2D eigenvalue weighted by Gasteiger charge is 2.48. The number of carboxylic acid groups (broad SMARTS) is 2. The molecule has 0 aliphatic rings. The van der Waals surface area contributed by atoms with E-state index in [0.717, 1.165) is 12.1 Å². The molecule has 0 heterocycles. The summed E-state index contributed by atoms with van der Waals surface area (Å²) in [6.07, 6.45) is 0.339. The van der Waals surface area contributed by atoms with Gasteiger partial charge >= 0.3 is 11.9 Å². The maximum absolute atomic E-state index is 12.2. The molecule has 9 nitrogen and oxygen atoms in total. The fraction of sp³-hybridized carbons (Fsp3) is 0.438. The first-order valence-corrected chi connectivity index (χ1v) is 7.70. The van der Waals surface area contributed by atoms with Gasteiger partial charge in [0.25, 0.3) is 5.69 Å². The van der Waals surface area contributed by atoms with E-state index in [0.29, 0.717) is 12.8 Å². The van der Waals surface area contributed by atoms with Gasteiger partial charge in [0.2, 0.25) is 11.4 Å². The van der Waals surface area contributed by atoms with E-state index in [-0.39, 0.29) is 11.3 Å². The molecule has 0 bridgehead atoms. The molecule has 0 spiro atoms. The van der Waals surface area contributed by atoms with Gasteiger partial charge in [0.1, 0.15) is 0 Å². The van der Waals surface area contributed by atoms with Gasteiger partial charge in [-0.3, -0.25) is 14.9 Å². The Balaban J connectivity index is 3.19. The normalized spacial score (nSPS) is 11.2. The van der Waals surface area contributed by atoms with Crippen LogP contribution in [0, 0.1) is 16.0 Å². The Morgan fingerprint density at radius 2 is 1.60 bits per heavy atom. The van der Waals surface area contributed by atoms with Crippen LogP contribution in [0.2, 0.25) is 0 Å². The zero-order chi connectivity index (χ0) is 19.2. The molecule has 136 valence electrons. The second-order valence-electron chi connectivity index (χ2n) is 5.62. The third-order valence-electron chi connectivity index (χ3n) is 4.04. The fourth-order valence-electron chi connectivity index (χ4n) is 2.41. The minimum Gasteiger partial charge on any atom is -0.479 e. The number of benzene rings is 1. The summed E-state index contributed by atoms with van der Waals surface area (Å²) in [4.78, 5) is 45.6. The lowest BCUT2D eigenvalue weighted by atomic mass is 9.89. The molecule has 0 saturated heterocycles. The monoisotopic (exact) mass is 352 g/mol. The van der Waals surface area contributed by atoms with Gasteiger partial charge in [-0.25, -0.2) is 9.59 Å². The largest absolute Gasteiger partial charge is 0.479 e. The van der Waals surface area contributed by atoms with Crippen LogP contribution < -0.4 is 5.32 Å². The molecule has 0 unspecified atom stereocenters. The van der Waals surface area contributed by atoms with E-state index in [1.165, 1.54) is 12.1 Å². The maximum Gasteiger partial charge on any atom is 0.341 e. The van der Waals surface area contributed by atoms with Crippen molar-refractivity contribution in [3.05, 3.63) is 39.9 Å². The Bertz CT molecular complexity index is 652. The van der Waals surface area contributed by atoms with Gasteiger partial charge in [-0.05, 0) is 18.4 Å². The lowest BCUT2D eigenvalue weighted by Crippen LogP contribution is -2.62. The van der Waals surface area contributed by atoms with Crippen molar-refractivity contribution in [2.75, 3.05) is 0 Å². The average Bonchev–Trinajstić information content (AvgIpc) is 2.55. The minimum atomic E-state index is -2.55. The van der Waals surface area contributed by atoms with Crippen LogP contribution in [0.3, 0.4) is 0 Å². The van der Waals surface area contributed by atoms with Gasteiger partial charge in [0.15, 0.2) is 0 Å². The van der Waals surface area contributed by atoms with Crippen molar-refractivity contribution in [2.24, 2.45) is 5.92 Å². The highest BCUT2D eigenvalue weighted by atomic mass is 16.6. The molecule has 1 amide bonds. The van der Waals surface area contributed by atoms with Gasteiger partial charge in [0.05, 0.1) is 4.92 Å². The third kappa shape index (κ3) is 4.52. The van der Waals surface area contributed by atoms with E-state index in [4.69, 9.17) is 0 Å². The summed E-state index contributed by atoms with van der Waals surface area (Å²) in [7, 11) is 0.